The maximum absolute atomic E-state index is 5.85. The summed E-state index contributed by atoms with van der Waals surface area (Å²) < 4.78 is 5.85. The van der Waals surface area contributed by atoms with Crippen molar-refractivity contribution >= 4 is 0 Å². The summed E-state index contributed by atoms with van der Waals surface area (Å²) in [5.41, 5.74) is 2.43. The van der Waals surface area contributed by atoms with Gasteiger partial charge in [-0.1, -0.05) is 39.5 Å². The molecule has 3 heteroatoms. The molecule has 3 nitrogen and oxygen atoms in total. The number of nitrogens with one attached hydrogen (secondary N) is 1. The molecule has 1 aliphatic carbocycles. The predicted molar refractivity (Wildman–Crippen MR) is 87.7 cm³/mol. The SMILES string of the molecule is CCCCCCCOc1cc(CNC2CC2)cc(CC)n1. The van der Waals surface area contributed by atoms with E-state index in [1.54, 1.807) is 0 Å². The molecular formula is C18H30N2O. The van der Waals surface area contributed by atoms with Crippen LogP contribution in [0.15, 0.2) is 12.1 Å². The number of aromatic nitrogens is 1. The van der Waals surface area contributed by atoms with Gasteiger partial charge in [-0.25, -0.2) is 4.98 Å². The largest absolute Gasteiger partial charge is 0.478 e. The molecule has 1 aliphatic rings. The highest BCUT2D eigenvalue weighted by Gasteiger charge is 2.20. The lowest BCUT2D eigenvalue weighted by molar-refractivity contribution is 0.292. The van der Waals surface area contributed by atoms with Gasteiger partial charge in [-0.05, 0) is 37.3 Å². The van der Waals surface area contributed by atoms with E-state index in [-0.39, 0.29) is 0 Å². The third-order valence-electron chi connectivity index (χ3n) is 3.95. The third kappa shape index (κ3) is 6.47. The van der Waals surface area contributed by atoms with Crippen LogP contribution in [0.1, 0.15) is 70.1 Å². The molecule has 0 bridgehead atoms. The van der Waals surface area contributed by atoms with Crippen LogP contribution in [0.5, 0.6) is 5.88 Å². The fourth-order valence-corrected chi connectivity index (χ4v) is 2.41. The van der Waals surface area contributed by atoms with Crippen LogP contribution in [0.25, 0.3) is 0 Å². The second-order valence-electron chi connectivity index (χ2n) is 6.08. The molecule has 0 spiro atoms. The Balaban J connectivity index is 1.77. The van der Waals surface area contributed by atoms with Gasteiger partial charge in [0.1, 0.15) is 0 Å². The number of pyridine rings is 1. The Hall–Kier alpha value is -1.09. The molecule has 0 aliphatic heterocycles. The van der Waals surface area contributed by atoms with E-state index in [4.69, 9.17) is 4.74 Å². The van der Waals surface area contributed by atoms with Gasteiger partial charge in [0, 0.05) is 24.3 Å². The summed E-state index contributed by atoms with van der Waals surface area (Å²) in [6, 6.07) is 5.04. The minimum absolute atomic E-state index is 0.742. The van der Waals surface area contributed by atoms with E-state index in [0.29, 0.717) is 0 Å². The second-order valence-corrected chi connectivity index (χ2v) is 6.08. The lowest BCUT2D eigenvalue weighted by Crippen LogP contribution is -2.15. The molecule has 0 radical (unpaired) electrons. The van der Waals surface area contributed by atoms with Gasteiger partial charge in [0.05, 0.1) is 6.61 Å². The van der Waals surface area contributed by atoms with Gasteiger partial charge in [0.2, 0.25) is 5.88 Å². The molecule has 21 heavy (non-hydrogen) atoms. The van der Waals surface area contributed by atoms with Crippen LogP contribution in [0.3, 0.4) is 0 Å². The number of aryl methyl sites for hydroxylation is 1. The molecule has 1 aromatic rings. The zero-order valence-corrected chi connectivity index (χ0v) is 13.7. The summed E-state index contributed by atoms with van der Waals surface area (Å²) in [6.45, 7) is 6.12. The fourth-order valence-electron chi connectivity index (χ4n) is 2.41. The Morgan fingerprint density at radius 1 is 1.14 bits per heavy atom. The van der Waals surface area contributed by atoms with Crippen molar-refractivity contribution in [2.24, 2.45) is 0 Å². The molecular weight excluding hydrogens is 260 g/mol. The van der Waals surface area contributed by atoms with Crippen LogP contribution in [-0.4, -0.2) is 17.6 Å². The summed E-state index contributed by atoms with van der Waals surface area (Å²) in [4.78, 5) is 4.58. The van der Waals surface area contributed by atoms with Crippen LogP contribution >= 0.6 is 0 Å². The number of nitrogens with zero attached hydrogens (tertiary/aromatic N) is 1. The molecule has 0 unspecified atom stereocenters. The predicted octanol–water partition coefficient (Wildman–Crippen LogP) is 4.25. The lowest BCUT2D eigenvalue weighted by Gasteiger charge is -2.10. The Morgan fingerprint density at radius 2 is 1.95 bits per heavy atom. The van der Waals surface area contributed by atoms with E-state index >= 15 is 0 Å². The molecule has 118 valence electrons. The van der Waals surface area contributed by atoms with Gasteiger partial charge < -0.3 is 10.1 Å². The van der Waals surface area contributed by atoms with Crippen LogP contribution in [-0.2, 0) is 13.0 Å². The zero-order valence-electron chi connectivity index (χ0n) is 13.7. The molecule has 1 fully saturated rings. The standard InChI is InChI=1S/C18H30N2O/c1-3-5-6-7-8-11-21-18-13-15(12-16(4-2)20-18)14-19-17-9-10-17/h12-13,17,19H,3-11,14H2,1-2H3. The quantitative estimate of drug-likeness (QED) is 0.619. The Bertz CT molecular complexity index is 416. The van der Waals surface area contributed by atoms with E-state index in [9.17, 15) is 0 Å². The highest BCUT2D eigenvalue weighted by molar-refractivity contribution is 5.25. The van der Waals surface area contributed by atoms with Crippen LogP contribution in [0.2, 0.25) is 0 Å². The monoisotopic (exact) mass is 290 g/mol. The van der Waals surface area contributed by atoms with E-state index in [1.807, 2.05) is 0 Å². The average molecular weight is 290 g/mol. The topological polar surface area (TPSA) is 34.1 Å². The van der Waals surface area contributed by atoms with Gasteiger partial charge in [0.15, 0.2) is 0 Å². The minimum Gasteiger partial charge on any atom is -0.478 e. The summed E-state index contributed by atoms with van der Waals surface area (Å²) in [6.07, 6.45) is 9.95. The Morgan fingerprint density at radius 3 is 2.67 bits per heavy atom. The van der Waals surface area contributed by atoms with Gasteiger partial charge in [0.25, 0.3) is 0 Å². The van der Waals surface area contributed by atoms with E-state index in [2.05, 4.69) is 36.3 Å². The smallest absolute Gasteiger partial charge is 0.213 e. The Kier molecular flexibility index (Phi) is 7.01. The first-order valence-electron chi connectivity index (χ1n) is 8.67. The number of hydrogen-bond donors (Lipinski definition) is 1. The van der Waals surface area contributed by atoms with E-state index in [0.717, 1.165) is 43.6 Å². The molecule has 1 N–H and O–H groups in total. The van der Waals surface area contributed by atoms with Gasteiger partial charge in [-0.2, -0.15) is 0 Å². The lowest BCUT2D eigenvalue weighted by atomic mass is 10.2. The summed E-state index contributed by atoms with van der Waals surface area (Å²) in [5.74, 6) is 0.803. The number of ether oxygens (including phenoxy) is 1. The fraction of sp³-hybridized carbons (Fsp3) is 0.722. The van der Waals surface area contributed by atoms with Gasteiger partial charge in [-0.15, -0.1) is 0 Å². The highest BCUT2D eigenvalue weighted by Crippen LogP contribution is 2.20. The molecule has 0 amide bonds. The molecule has 2 rings (SSSR count). The molecule has 1 aromatic heterocycles. The first-order valence-corrected chi connectivity index (χ1v) is 8.67. The van der Waals surface area contributed by atoms with Gasteiger partial charge in [-0.3, -0.25) is 0 Å². The average Bonchev–Trinajstić information content (AvgIpc) is 3.33. The first-order chi connectivity index (χ1) is 10.3. The molecule has 1 heterocycles. The minimum atomic E-state index is 0.742. The van der Waals surface area contributed by atoms with Crippen molar-refractivity contribution in [1.29, 1.82) is 0 Å². The number of unbranched alkanes of at least 4 members (excludes halogenated alkanes) is 4. The summed E-state index contributed by atoms with van der Waals surface area (Å²) in [7, 11) is 0. The van der Waals surface area contributed by atoms with Gasteiger partial charge >= 0.3 is 0 Å². The highest BCUT2D eigenvalue weighted by atomic mass is 16.5. The van der Waals surface area contributed by atoms with Crippen molar-refractivity contribution in [3.8, 4) is 5.88 Å². The molecule has 0 aromatic carbocycles. The summed E-state index contributed by atoms with van der Waals surface area (Å²) in [5, 5.41) is 3.56. The van der Waals surface area contributed by atoms with Crippen molar-refractivity contribution < 1.29 is 4.74 Å². The Labute approximate surface area is 129 Å². The number of hydrogen-bond acceptors (Lipinski definition) is 3. The van der Waals surface area contributed by atoms with Crippen molar-refractivity contribution in [3.05, 3.63) is 23.4 Å². The van der Waals surface area contributed by atoms with Crippen molar-refractivity contribution in [2.45, 2.75) is 77.8 Å². The second kappa shape index (κ2) is 9.04. The maximum atomic E-state index is 5.85. The summed E-state index contributed by atoms with van der Waals surface area (Å²) >= 11 is 0. The molecule has 1 saturated carbocycles. The molecule has 0 atom stereocenters. The van der Waals surface area contributed by atoms with E-state index < -0.39 is 0 Å². The van der Waals surface area contributed by atoms with E-state index in [1.165, 1.54) is 44.1 Å². The zero-order chi connectivity index (χ0) is 14.9. The van der Waals surface area contributed by atoms with Crippen molar-refractivity contribution in [3.63, 3.8) is 0 Å². The van der Waals surface area contributed by atoms with Crippen LogP contribution in [0, 0.1) is 0 Å². The first kappa shape index (κ1) is 16.3. The van der Waals surface area contributed by atoms with Crippen LogP contribution in [0.4, 0.5) is 0 Å². The molecule has 0 saturated heterocycles. The normalized spacial score (nSPS) is 14.4. The third-order valence-corrected chi connectivity index (χ3v) is 3.95. The van der Waals surface area contributed by atoms with Crippen molar-refractivity contribution in [1.82, 2.24) is 10.3 Å². The maximum Gasteiger partial charge on any atom is 0.213 e. The number of rotatable bonds is 11. The van der Waals surface area contributed by atoms with Crippen LogP contribution < -0.4 is 10.1 Å². The van der Waals surface area contributed by atoms with Crippen molar-refractivity contribution in [2.75, 3.05) is 6.61 Å².